The lowest BCUT2D eigenvalue weighted by Crippen LogP contribution is -2.23. The lowest BCUT2D eigenvalue weighted by atomic mass is 10.1. The predicted octanol–water partition coefficient (Wildman–Crippen LogP) is 12.6. The third-order valence-electron chi connectivity index (χ3n) is 11.2. The van der Waals surface area contributed by atoms with Gasteiger partial charge in [0.15, 0.2) is 5.84 Å². The van der Waals surface area contributed by atoms with Gasteiger partial charge < -0.3 is 14.9 Å². The number of hydrogen-bond acceptors (Lipinski definition) is 3. The van der Waals surface area contributed by atoms with Gasteiger partial charge in [0.1, 0.15) is 0 Å². The van der Waals surface area contributed by atoms with Crippen LogP contribution in [0.4, 0.5) is 0 Å². The van der Waals surface area contributed by atoms with E-state index in [1.165, 1.54) is 69.3 Å². The van der Waals surface area contributed by atoms with Gasteiger partial charge in [0, 0.05) is 54.0 Å². The molecule has 0 spiro atoms. The van der Waals surface area contributed by atoms with E-state index in [1.54, 1.807) is 0 Å². The zero-order chi connectivity index (χ0) is 37.9. The molecule has 0 radical (unpaired) electrons. The molecule has 0 aliphatic carbocycles. The number of thiophene rings is 1. The molecule has 57 heavy (non-hydrogen) atoms. The number of fused-ring (bicyclic) bond motifs is 10. The van der Waals surface area contributed by atoms with Crippen molar-refractivity contribution in [3.05, 3.63) is 205 Å². The van der Waals surface area contributed by atoms with Crippen LogP contribution in [-0.4, -0.2) is 20.0 Å². The Balaban J connectivity index is 1.10. The predicted molar refractivity (Wildman–Crippen MR) is 241 cm³/mol. The first kappa shape index (κ1) is 33.2. The van der Waals surface area contributed by atoms with E-state index >= 15 is 0 Å². The van der Waals surface area contributed by atoms with E-state index in [2.05, 4.69) is 166 Å². The van der Waals surface area contributed by atoms with Gasteiger partial charge in [-0.15, -0.1) is 11.3 Å². The van der Waals surface area contributed by atoms with Crippen LogP contribution < -0.4 is 5.73 Å². The Bertz CT molecular complexity index is 3290. The summed E-state index contributed by atoms with van der Waals surface area (Å²) in [6, 6.07) is 67.2. The van der Waals surface area contributed by atoms with Gasteiger partial charge in [0.25, 0.3) is 0 Å². The second-order valence-corrected chi connectivity index (χ2v) is 15.7. The van der Waals surface area contributed by atoms with Crippen molar-refractivity contribution >= 4 is 81.0 Å². The summed E-state index contributed by atoms with van der Waals surface area (Å²) < 4.78 is 7.50. The third kappa shape index (κ3) is 5.64. The molecule has 0 saturated heterocycles. The fourth-order valence-corrected chi connectivity index (χ4v) is 9.80. The van der Waals surface area contributed by atoms with Gasteiger partial charge in [0.05, 0.1) is 39.9 Å². The lowest BCUT2D eigenvalue weighted by Gasteiger charge is -2.21. The number of nitrogens with zero attached hydrogens (tertiary/aromatic N) is 4. The highest BCUT2D eigenvalue weighted by atomic mass is 32.1. The van der Waals surface area contributed by atoms with Gasteiger partial charge in [-0.1, -0.05) is 140 Å². The van der Waals surface area contributed by atoms with Crippen molar-refractivity contribution in [1.29, 1.82) is 0 Å². The molecule has 0 aliphatic heterocycles. The average Bonchev–Trinajstić information content (AvgIpc) is 3.91. The quantitative estimate of drug-likeness (QED) is 0.0955. The third-order valence-corrected chi connectivity index (χ3v) is 12.4. The molecule has 0 bridgehead atoms. The number of hydrogen-bond donors (Lipinski definition) is 1. The van der Waals surface area contributed by atoms with E-state index in [1.807, 2.05) is 47.7 Å². The van der Waals surface area contributed by atoms with E-state index in [-0.39, 0.29) is 0 Å². The summed E-state index contributed by atoms with van der Waals surface area (Å²) in [5.74, 6) is 0.500. The first-order valence-corrected chi connectivity index (χ1v) is 20.1. The van der Waals surface area contributed by atoms with E-state index in [0.29, 0.717) is 18.9 Å². The maximum Gasteiger partial charge on any atom is 0.150 e. The zero-order valence-electron chi connectivity index (χ0n) is 31.1. The van der Waals surface area contributed by atoms with Crippen LogP contribution in [0.15, 0.2) is 193 Å². The summed E-state index contributed by atoms with van der Waals surface area (Å²) in [7, 11) is 0. The SMILES string of the molecule is N/C(=N\N(Cc1ccccc1)Cc1ccc(-n2c3cc4c(cc3c3ccc5c6ccccc6sc5c32)c2ccccc2n4-c2ccccc2)cc1)c1ccccc1. The molecular weight excluding hydrogens is 715 g/mol. The van der Waals surface area contributed by atoms with Crippen molar-refractivity contribution in [1.82, 2.24) is 14.1 Å². The van der Waals surface area contributed by atoms with Crippen molar-refractivity contribution in [3.8, 4) is 11.4 Å². The topological polar surface area (TPSA) is 51.5 Å². The molecule has 2 N–H and O–H groups in total. The second-order valence-electron chi connectivity index (χ2n) is 14.7. The molecule has 5 nitrogen and oxygen atoms in total. The van der Waals surface area contributed by atoms with Crippen molar-refractivity contribution < 1.29 is 0 Å². The molecule has 0 saturated carbocycles. The monoisotopic (exact) mass is 751 g/mol. The number of hydrazone groups is 1. The molecule has 0 unspecified atom stereocenters. The molecule has 3 heterocycles. The minimum Gasteiger partial charge on any atom is -0.382 e. The van der Waals surface area contributed by atoms with E-state index < -0.39 is 0 Å². The lowest BCUT2D eigenvalue weighted by molar-refractivity contribution is 0.270. The zero-order valence-corrected chi connectivity index (χ0v) is 31.9. The number of para-hydroxylation sites is 2. The van der Waals surface area contributed by atoms with E-state index in [4.69, 9.17) is 10.8 Å². The molecule has 0 fully saturated rings. The first-order valence-electron chi connectivity index (χ1n) is 19.3. The highest BCUT2D eigenvalue weighted by Crippen LogP contribution is 2.45. The molecule has 0 amide bonds. The number of aromatic nitrogens is 2. The number of nitrogens with two attached hydrogens (primary N) is 1. The molecule has 272 valence electrons. The highest BCUT2D eigenvalue weighted by Gasteiger charge is 2.21. The molecule has 8 aromatic carbocycles. The first-order chi connectivity index (χ1) is 28.2. The molecule has 6 heteroatoms. The summed E-state index contributed by atoms with van der Waals surface area (Å²) in [5, 5.41) is 14.6. The smallest absolute Gasteiger partial charge is 0.150 e. The fraction of sp³-hybridized carbons (Fsp3) is 0.0392. The van der Waals surface area contributed by atoms with Crippen molar-refractivity contribution in [2.75, 3.05) is 0 Å². The standard InChI is InChI=1S/C51H37N5S/c52-51(36-16-6-2-7-17-36)53-54(32-34-14-4-1-5-15-34)33-35-24-26-38(27-25-35)56-47-31-46-43(39-20-10-12-22-45(39)55(46)37-18-8-3-9-19-37)30-44(47)41-28-29-42-40-21-11-13-23-48(40)57-50(42)49(41)56/h1-31H,32-33H2,(H2,52,53). The normalized spacial score (nSPS) is 12.2. The van der Waals surface area contributed by atoms with Gasteiger partial charge in [-0.25, -0.2) is 0 Å². The van der Waals surface area contributed by atoms with Gasteiger partial charge in [0.2, 0.25) is 0 Å². The van der Waals surface area contributed by atoms with Crippen LogP contribution in [-0.2, 0) is 13.1 Å². The summed E-state index contributed by atoms with van der Waals surface area (Å²) >= 11 is 1.88. The van der Waals surface area contributed by atoms with Crippen LogP contribution in [0, 0.1) is 0 Å². The number of rotatable bonds is 8. The highest BCUT2D eigenvalue weighted by molar-refractivity contribution is 7.26. The second kappa shape index (κ2) is 13.6. The maximum absolute atomic E-state index is 6.59. The largest absolute Gasteiger partial charge is 0.382 e. The average molecular weight is 752 g/mol. The molecule has 0 atom stereocenters. The summed E-state index contributed by atoms with van der Waals surface area (Å²) in [4.78, 5) is 0. The summed E-state index contributed by atoms with van der Waals surface area (Å²) in [6.45, 7) is 1.24. The van der Waals surface area contributed by atoms with Crippen LogP contribution in [0.2, 0.25) is 0 Å². The van der Waals surface area contributed by atoms with Crippen LogP contribution in [0.1, 0.15) is 16.7 Å². The van der Waals surface area contributed by atoms with Crippen LogP contribution in [0.5, 0.6) is 0 Å². The van der Waals surface area contributed by atoms with Gasteiger partial charge in [-0.3, -0.25) is 5.01 Å². The molecule has 11 rings (SSSR count). The van der Waals surface area contributed by atoms with E-state index in [9.17, 15) is 0 Å². The van der Waals surface area contributed by atoms with Crippen molar-refractivity contribution in [2.45, 2.75) is 13.1 Å². The Labute approximate surface area is 333 Å². The van der Waals surface area contributed by atoms with Crippen molar-refractivity contribution in [2.24, 2.45) is 10.8 Å². The van der Waals surface area contributed by atoms with Crippen LogP contribution in [0.3, 0.4) is 0 Å². The van der Waals surface area contributed by atoms with Gasteiger partial charge in [-0.05, 0) is 59.7 Å². The summed E-state index contributed by atoms with van der Waals surface area (Å²) in [6.07, 6.45) is 0. The van der Waals surface area contributed by atoms with Crippen LogP contribution in [0.25, 0.3) is 75.2 Å². The van der Waals surface area contributed by atoms with Crippen LogP contribution >= 0.6 is 11.3 Å². The van der Waals surface area contributed by atoms with Gasteiger partial charge >= 0.3 is 0 Å². The van der Waals surface area contributed by atoms with E-state index in [0.717, 1.165) is 22.5 Å². The molecular formula is C51H37N5S. The Morgan fingerprint density at radius 3 is 1.82 bits per heavy atom. The molecule has 3 aromatic heterocycles. The molecule has 11 aromatic rings. The maximum atomic E-state index is 6.59. The van der Waals surface area contributed by atoms with Crippen molar-refractivity contribution in [3.63, 3.8) is 0 Å². The number of benzene rings is 8. The Hall–Kier alpha value is -7.15. The van der Waals surface area contributed by atoms with Gasteiger partial charge in [-0.2, -0.15) is 5.10 Å². The number of amidine groups is 1. The minimum atomic E-state index is 0.500. The minimum absolute atomic E-state index is 0.500. The fourth-order valence-electron chi connectivity index (χ4n) is 8.56. The Morgan fingerprint density at radius 1 is 0.474 bits per heavy atom. The molecule has 0 aliphatic rings. The Kier molecular flexibility index (Phi) is 7.90. The Morgan fingerprint density at radius 2 is 1.05 bits per heavy atom. The summed E-state index contributed by atoms with van der Waals surface area (Å²) in [5.41, 5.74) is 16.9.